The Kier molecular flexibility index (Phi) is 5.39. The Morgan fingerprint density at radius 1 is 1.26 bits per heavy atom. The highest BCUT2D eigenvalue weighted by atomic mass is 35.5. The molecule has 0 unspecified atom stereocenters. The summed E-state index contributed by atoms with van der Waals surface area (Å²) in [5.74, 6) is -0.334. The lowest BCUT2D eigenvalue weighted by Gasteiger charge is -2.09. The summed E-state index contributed by atoms with van der Waals surface area (Å²) >= 11 is 5.86. The second-order valence-corrected chi connectivity index (χ2v) is 5.58. The van der Waals surface area contributed by atoms with Crippen LogP contribution in [0.15, 0.2) is 33.9 Å². The first kappa shape index (κ1) is 17.0. The van der Waals surface area contributed by atoms with Gasteiger partial charge in [-0.15, -0.1) is 0 Å². The number of aromatic nitrogens is 2. The molecule has 0 aliphatic heterocycles. The summed E-state index contributed by atoms with van der Waals surface area (Å²) in [4.78, 5) is 38.1. The summed E-state index contributed by atoms with van der Waals surface area (Å²) in [7, 11) is 0. The number of benzene rings is 1. The molecule has 0 aliphatic carbocycles. The zero-order valence-corrected chi connectivity index (χ0v) is 13.7. The van der Waals surface area contributed by atoms with Gasteiger partial charge in [0.25, 0.3) is 5.56 Å². The van der Waals surface area contributed by atoms with E-state index in [1.54, 1.807) is 6.92 Å². The molecule has 0 atom stereocenters. The van der Waals surface area contributed by atoms with Crippen molar-refractivity contribution in [2.24, 2.45) is 0 Å². The highest BCUT2D eigenvalue weighted by Gasteiger charge is 2.14. The molecule has 23 heavy (non-hydrogen) atoms. The van der Waals surface area contributed by atoms with Crippen LogP contribution in [0.1, 0.15) is 24.5 Å². The molecule has 1 amide bonds. The Hall–Kier alpha value is -2.34. The number of hydrogen-bond donors (Lipinski definition) is 2. The molecule has 2 aromatic rings. The third kappa shape index (κ3) is 4.10. The van der Waals surface area contributed by atoms with Gasteiger partial charge in [0.05, 0.1) is 0 Å². The monoisotopic (exact) mass is 335 g/mol. The molecule has 0 spiro atoms. The SMILES string of the molecule is CCn1c(=O)[nH]c(Cl)c(NC(=O)CCc2ccc(C)cc2)c1=O. The molecule has 7 heteroatoms. The maximum atomic E-state index is 12.1. The number of carbonyl (C=O) groups excluding carboxylic acids is 1. The van der Waals surface area contributed by atoms with Crippen molar-refractivity contribution in [1.29, 1.82) is 0 Å². The molecule has 1 heterocycles. The van der Waals surface area contributed by atoms with Crippen molar-refractivity contribution in [2.45, 2.75) is 33.2 Å². The number of hydrogen-bond acceptors (Lipinski definition) is 3. The van der Waals surface area contributed by atoms with Crippen LogP contribution in [0.25, 0.3) is 0 Å². The molecule has 1 aromatic heterocycles. The van der Waals surface area contributed by atoms with Crippen LogP contribution in [0.5, 0.6) is 0 Å². The summed E-state index contributed by atoms with van der Waals surface area (Å²) in [6.45, 7) is 3.85. The lowest BCUT2D eigenvalue weighted by atomic mass is 10.1. The second kappa shape index (κ2) is 7.28. The van der Waals surface area contributed by atoms with Crippen LogP contribution in [-0.2, 0) is 17.8 Å². The van der Waals surface area contributed by atoms with Crippen molar-refractivity contribution in [3.05, 3.63) is 61.4 Å². The standard InChI is InChI=1S/C16H18ClN3O3/c1-3-20-15(22)13(14(17)19-16(20)23)18-12(21)9-8-11-6-4-10(2)5-7-11/h4-7H,3,8-9H2,1-2H3,(H,18,21)(H,19,23). The number of H-pyrrole nitrogens is 1. The van der Waals surface area contributed by atoms with Gasteiger partial charge in [0.2, 0.25) is 5.91 Å². The van der Waals surface area contributed by atoms with Crippen molar-refractivity contribution in [2.75, 3.05) is 5.32 Å². The van der Waals surface area contributed by atoms with Crippen LogP contribution < -0.4 is 16.6 Å². The minimum absolute atomic E-state index is 0.0953. The zero-order chi connectivity index (χ0) is 17.0. The van der Waals surface area contributed by atoms with Gasteiger partial charge in [0, 0.05) is 13.0 Å². The van der Waals surface area contributed by atoms with Crippen LogP contribution in [0.3, 0.4) is 0 Å². The van der Waals surface area contributed by atoms with E-state index < -0.39 is 11.2 Å². The summed E-state index contributed by atoms with van der Waals surface area (Å²) in [5, 5.41) is 2.33. The summed E-state index contributed by atoms with van der Waals surface area (Å²) in [5.41, 5.74) is 0.884. The Labute approximate surface area is 138 Å². The van der Waals surface area contributed by atoms with Crippen LogP contribution in [0.2, 0.25) is 5.15 Å². The molecule has 0 saturated heterocycles. The first-order valence-corrected chi connectivity index (χ1v) is 7.68. The molecule has 0 fully saturated rings. The molecule has 1 aromatic carbocycles. The van der Waals surface area contributed by atoms with E-state index in [0.29, 0.717) is 6.42 Å². The highest BCUT2D eigenvalue weighted by Crippen LogP contribution is 2.13. The predicted molar refractivity (Wildman–Crippen MR) is 90.1 cm³/mol. The molecule has 0 radical (unpaired) electrons. The van der Waals surface area contributed by atoms with Gasteiger partial charge in [-0.25, -0.2) is 4.79 Å². The van der Waals surface area contributed by atoms with Gasteiger partial charge in [-0.1, -0.05) is 41.4 Å². The maximum Gasteiger partial charge on any atom is 0.329 e. The first-order chi connectivity index (χ1) is 10.9. The fourth-order valence-corrected chi connectivity index (χ4v) is 2.36. The topological polar surface area (TPSA) is 84.0 Å². The minimum atomic E-state index is -0.607. The molecule has 122 valence electrons. The first-order valence-electron chi connectivity index (χ1n) is 7.30. The van der Waals surface area contributed by atoms with Crippen molar-refractivity contribution in [3.63, 3.8) is 0 Å². The summed E-state index contributed by atoms with van der Waals surface area (Å²) in [6, 6.07) is 7.87. The van der Waals surface area contributed by atoms with E-state index in [4.69, 9.17) is 11.6 Å². The summed E-state index contributed by atoms with van der Waals surface area (Å²) < 4.78 is 0.974. The van der Waals surface area contributed by atoms with Crippen LogP contribution in [-0.4, -0.2) is 15.5 Å². The fraction of sp³-hybridized carbons (Fsp3) is 0.312. The number of carbonyl (C=O) groups is 1. The Balaban J connectivity index is 2.10. The van der Waals surface area contributed by atoms with E-state index in [0.717, 1.165) is 15.7 Å². The highest BCUT2D eigenvalue weighted by molar-refractivity contribution is 6.32. The predicted octanol–water partition coefficient (Wildman–Crippen LogP) is 2.09. The van der Waals surface area contributed by atoms with Gasteiger partial charge in [-0.3, -0.25) is 19.1 Å². The molecule has 0 saturated carbocycles. The number of amides is 1. The van der Waals surface area contributed by atoms with Crippen molar-refractivity contribution < 1.29 is 4.79 Å². The molecule has 0 bridgehead atoms. The van der Waals surface area contributed by atoms with E-state index >= 15 is 0 Å². The zero-order valence-electron chi connectivity index (χ0n) is 13.0. The Morgan fingerprint density at radius 2 is 1.91 bits per heavy atom. The average molecular weight is 336 g/mol. The van der Waals surface area contributed by atoms with Crippen LogP contribution >= 0.6 is 11.6 Å². The minimum Gasteiger partial charge on any atom is -0.319 e. The number of halogens is 1. The smallest absolute Gasteiger partial charge is 0.319 e. The number of anilines is 1. The lowest BCUT2D eigenvalue weighted by molar-refractivity contribution is -0.116. The Morgan fingerprint density at radius 3 is 2.52 bits per heavy atom. The number of aromatic amines is 1. The molecule has 0 aliphatic rings. The maximum absolute atomic E-state index is 12.1. The van der Waals surface area contributed by atoms with Gasteiger partial charge in [0.15, 0.2) is 0 Å². The second-order valence-electron chi connectivity index (χ2n) is 5.20. The van der Waals surface area contributed by atoms with Crippen molar-refractivity contribution in [1.82, 2.24) is 9.55 Å². The number of nitrogens with zero attached hydrogens (tertiary/aromatic N) is 1. The number of aryl methyl sites for hydroxylation is 2. The normalized spacial score (nSPS) is 10.6. The third-order valence-corrected chi connectivity index (χ3v) is 3.77. The quantitative estimate of drug-likeness (QED) is 0.821. The van der Waals surface area contributed by atoms with Crippen molar-refractivity contribution in [3.8, 4) is 0 Å². The molecular weight excluding hydrogens is 318 g/mol. The Bertz CT molecular complexity index is 822. The number of rotatable bonds is 5. The van der Waals surface area contributed by atoms with Crippen molar-refractivity contribution >= 4 is 23.2 Å². The van der Waals surface area contributed by atoms with E-state index in [1.165, 1.54) is 0 Å². The van der Waals surface area contributed by atoms with Gasteiger partial charge in [-0.05, 0) is 25.8 Å². The van der Waals surface area contributed by atoms with E-state index in [-0.39, 0.29) is 29.7 Å². The van der Waals surface area contributed by atoms with Crippen LogP contribution in [0.4, 0.5) is 5.69 Å². The molecule has 2 N–H and O–H groups in total. The van der Waals surface area contributed by atoms with Gasteiger partial charge in [-0.2, -0.15) is 0 Å². The van der Waals surface area contributed by atoms with Gasteiger partial charge >= 0.3 is 5.69 Å². The number of nitrogens with one attached hydrogen (secondary N) is 2. The van der Waals surface area contributed by atoms with Gasteiger partial charge < -0.3 is 5.32 Å². The molecular formula is C16H18ClN3O3. The third-order valence-electron chi connectivity index (χ3n) is 3.48. The molecule has 6 nitrogen and oxygen atoms in total. The summed E-state index contributed by atoms with van der Waals surface area (Å²) in [6.07, 6.45) is 0.763. The lowest BCUT2D eigenvalue weighted by Crippen LogP contribution is -2.37. The molecule has 2 rings (SSSR count). The van der Waals surface area contributed by atoms with Crippen LogP contribution in [0, 0.1) is 6.92 Å². The average Bonchev–Trinajstić information content (AvgIpc) is 2.51. The van der Waals surface area contributed by atoms with Gasteiger partial charge in [0.1, 0.15) is 10.8 Å². The van der Waals surface area contributed by atoms with E-state index in [1.807, 2.05) is 31.2 Å². The van der Waals surface area contributed by atoms with E-state index in [9.17, 15) is 14.4 Å². The fourth-order valence-electron chi connectivity index (χ4n) is 2.16. The largest absolute Gasteiger partial charge is 0.329 e. The van der Waals surface area contributed by atoms with E-state index in [2.05, 4.69) is 10.3 Å².